The van der Waals surface area contributed by atoms with E-state index in [0.717, 1.165) is 0 Å². The van der Waals surface area contributed by atoms with Crippen molar-refractivity contribution in [2.45, 2.75) is 12.2 Å². The summed E-state index contributed by atoms with van der Waals surface area (Å²) >= 11 is 6.08. The number of aromatic nitrogens is 4. The first-order valence-electron chi connectivity index (χ1n) is 10.8. The molecule has 1 fully saturated rings. The summed E-state index contributed by atoms with van der Waals surface area (Å²) in [5, 5.41) is 2.99. The molecule has 10 nitrogen and oxygen atoms in total. The van der Waals surface area contributed by atoms with Gasteiger partial charge >= 0.3 is 12.3 Å². The van der Waals surface area contributed by atoms with Gasteiger partial charge in [-0.15, -0.1) is 0 Å². The number of halogens is 4. The van der Waals surface area contributed by atoms with Crippen molar-refractivity contribution in [3.8, 4) is 11.4 Å². The average molecular weight is 528 g/mol. The molecule has 1 saturated heterocycles. The smallest absolute Gasteiger partial charge is 0.410 e. The summed E-state index contributed by atoms with van der Waals surface area (Å²) in [5.41, 5.74) is 1.17. The number of amides is 2. The maximum absolute atomic E-state index is 12.8. The molecule has 0 aliphatic carbocycles. The zero-order valence-electron chi connectivity index (χ0n) is 18.8. The number of ether oxygens (including phenoxy) is 1. The molecule has 3 aromatic heterocycles. The van der Waals surface area contributed by atoms with E-state index in [2.05, 4.69) is 26.5 Å². The molecule has 14 heteroatoms. The minimum atomic E-state index is -4.59. The van der Waals surface area contributed by atoms with Crippen molar-refractivity contribution in [2.75, 3.05) is 37.7 Å². The fraction of sp³-hybridized carbons (Fsp3) is 0.318. The fourth-order valence-electron chi connectivity index (χ4n) is 3.78. The minimum absolute atomic E-state index is 0. The average Bonchev–Trinajstić information content (AvgIpc) is 3.28. The number of nitrogens with zero attached hydrogens (tertiary/aromatic N) is 5. The lowest BCUT2D eigenvalue weighted by molar-refractivity contribution is -0.139. The number of carbonyl (C=O) groups excluding carboxylic acids is 2. The molecule has 4 heterocycles. The van der Waals surface area contributed by atoms with Crippen LogP contribution in [0.1, 0.15) is 2.85 Å². The van der Waals surface area contributed by atoms with E-state index in [0.29, 0.717) is 33.3 Å². The SMILES string of the molecule is C=CCOC(=O)N1CCN(c2ccnc(-c3c[nH]c4ncc(Cl)cc34)n2)[C@H](C(=O)NCC(F)(F)F)C1.[HH].[HH]. The number of nitrogens with one attached hydrogen (secondary N) is 2. The van der Waals surface area contributed by atoms with Crippen LogP contribution < -0.4 is 10.2 Å². The number of hydrogen-bond donors (Lipinski definition) is 2. The Morgan fingerprint density at radius 3 is 2.92 bits per heavy atom. The van der Waals surface area contributed by atoms with Gasteiger partial charge < -0.3 is 24.8 Å². The molecule has 1 aliphatic heterocycles. The molecule has 4 rings (SSSR count). The van der Waals surface area contributed by atoms with Crippen LogP contribution in [-0.2, 0) is 9.53 Å². The third kappa shape index (κ3) is 5.67. The zero-order chi connectivity index (χ0) is 25.9. The first-order chi connectivity index (χ1) is 17.2. The highest BCUT2D eigenvalue weighted by atomic mass is 35.5. The van der Waals surface area contributed by atoms with Crippen molar-refractivity contribution in [3.63, 3.8) is 0 Å². The Bertz CT molecular complexity index is 1290. The fourth-order valence-corrected chi connectivity index (χ4v) is 3.93. The molecule has 0 radical (unpaired) electrons. The lowest BCUT2D eigenvalue weighted by Gasteiger charge is -2.40. The molecular weight excluding hydrogens is 503 g/mol. The number of hydrogen-bond acceptors (Lipinski definition) is 7. The van der Waals surface area contributed by atoms with Crippen molar-refractivity contribution in [2.24, 2.45) is 0 Å². The number of aromatic amines is 1. The summed E-state index contributed by atoms with van der Waals surface area (Å²) in [6.45, 7) is 2.00. The molecule has 0 bridgehead atoms. The van der Waals surface area contributed by atoms with Gasteiger partial charge in [-0.1, -0.05) is 24.3 Å². The van der Waals surface area contributed by atoms with Crippen molar-refractivity contribution in [1.29, 1.82) is 0 Å². The van der Waals surface area contributed by atoms with Crippen molar-refractivity contribution < 1.29 is 30.4 Å². The summed E-state index contributed by atoms with van der Waals surface area (Å²) < 4.78 is 43.3. The topological polar surface area (TPSA) is 116 Å². The van der Waals surface area contributed by atoms with Crippen LogP contribution in [0, 0.1) is 0 Å². The Morgan fingerprint density at radius 1 is 1.36 bits per heavy atom. The Balaban J connectivity index is 0.00000253. The Kier molecular flexibility index (Phi) is 7.29. The number of piperazine rings is 1. The Labute approximate surface area is 211 Å². The van der Waals surface area contributed by atoms with Crippen molar-refractivity contribution in [1.82, 2.24) is 30.2 Å². The second-order valence-corrected chi connectivity index (χ2v) is 8.28. The monoisotopic (exact) mass is 527 g/mol. The van der Waals surface area contributed by atoms with Gasteiger partial charge in [0, 0.05) is 45.5 Å². The van der Waals surface area contributed by atoms with Crippen LogP contribution in [0.4, 0.5) is 23.8 Å². The molecule has 0 aromatic carbocycles. The van der Waals surface area contributed by atoms with Crippen LogP contribution >= 0.6 is 11.6 Å². The second kappa shape index (κ2) is 10.4. The zero-order valence-corrected chi connectivity index (χ0v) is 19.5. The predicted molar refractivity (Wildman–Crippen MR) is 130 cm³/mol. The standard InChI is InChI=1S/C22H21ClF3N7O3.2H2/c1-2-7-36-21(35)32-5-6-33(16(11-32)20(34)30-12-22(24,25)26)17-3-4-27-19(31-17)15-10-29-18-14(15)8-13(23)9-28-18;;/h2-4,8-10,16H,1,5-7,11-12H2,(H,28,29)(H,30,34);2*1H/t16-;;/m0../s1. The molecule has 0 spiro atoms. The van der Waals surface area contributed by atoms with Crippen molar-refractivity contribution in [3.05, 3.63) is 48.4 Å². The number of alkyl halides is 3. The lowest BCUT2D eigenvalue weighted by Crippen LogP contribution is -2.61. The molecule has 2 N–H and O–H groups in total. The molecule has 0 saturated carbocycles. The summed E-state index contributed by atoms with van der Waals surface area (Å²) in [4.78, 5) is 44.0. The van der Waals surface area contributed by atoms with Crippen LogP contribution in [0.2, 0.25) is 5.02 Å². The van der Waals surface area contributed by atoms with E-state index in [4.69, 9.17) is 16.3 Å². The normalized spacial score (nSPS) is 16.2. The van der Waals surface area contributed by atoms with Gasteiger partial charge in [-0.2, -0.15) is 13.2 Å². The van der Waals surface area contributed by atoms with Gasteiger partial charge in [-0.3, -0.25) is 4.79 Å². The predicted octanol–water partition coefficient (Wildman–Crippen LogP) is 3.66. The highest BCUT2D eigenvalue weighted by Gasteiger charge is 2.37. The van der Waals surface area contributed by atoms with Crippen LogP contribution in [0.3, 0.4) is 0 Å². The Morgan fingerprint density at radius 2 is 2.17 bits per heavy atom. The lowest BCUT2D eigenvalue weighted by atomic mass is 10.1. The van der Waals surface area contributed by atoms with Gasteiger partial charge in [0.1, 0.15) is 30.7 Å². The van der Waals surface area contributed by atoms with E-state index in [-0.39, 0.29) is 29.1 Å². The number of fused-ring (bicyclic) bond motifs is 1. The third-order valence-electron chi connectivity index (χ3n) is 5.40. The van der Waals surface area contributed by atoms with Gasteiger partial charge in [-0.05, 0) is 12.1 Å². The largest absolute Gasteiger partial charge is 0.445 e. The quantitative estimate of drug-likeness (QED) is 0.470. The number of H-pyrrole nitrogens is 1. The van der Waals surface area contributed by atoms with Crippen molar-refractivity contribution >= 4 is 40.5 Å². The van der Waals surface area contributed by atoms with Crippen LogP contribution in [-0.4, -0.2) is 81.8 Å². The van der Waals surface area contributed by atoms with E-state index in [1.807, 2.05) is 5.32 Å². The number of carbonyl (C=O) groups is 2. The van der Waals surface area contributed by atoms with Gasteiger partial charge in [0.15, 0.2) is 5.82 Å². The van der Waals surface area contributed by atoms with Crippen LogP contribution in [0.25, 0.3) is 22.4 Å². The van der Waals surface area contributed by atoms with Crippen LogP contribution in [0.15, 0.2) is 43.4 Å². The van der Waals surface area contributed by atoms with E-state index in [9.17, 15) is 22.8 Å². The molecule has 1 atom stereocenters. The van der Waals surface area contributed by atoms with Gasteiger partial charge in [0.25, 0.3) is 0 Å². The molecule has 1 aliphatic rings. The van der Waals surface area contributed by atoms with E-state index >= 15 is 0 Å². The van der Waals surface area contributed by atoms with Crippen LogP contribution in [0.5, 0.6) is 0 Å². The van der Waals surface area contributed by atoms with Gasteiger partial charge in [0.2, 0.25) is 5.91 Å². The molecule has 0 unspecified atom stereocenters. The third-order valence-corrected chi connectivity index (χ3v) is 5.61. The minimum Gasteiger partial charge on any atom is -0.445 e. The second-order valence-electron chi connectivity index (χ2n) is 7.84. The summed E-state index contributed by atoms with van der Waals surface area (Å²) in [6, 6.07) is 2.09. The number of pyridine rings is 1. The maximum Gasteiger partial charge on any atom is 0.410 e. The number of rotatable bonds is 6. The Hall–Kier alpha value is -3.87. The summed E-state index contributed by atoms with van der Waals surface area (Å²) in [5.74, 6) is -0.308. The first-order valence-corrected chi connectivity index (χ1v) is 11.1. The first kappa shape index (κ1) is 25.2. The van der Waals surface area contributed by atoms with Gasteiger partial charge in [0.05, 0.1) is 11.6 Å². The molecule has 36 heavy (non-hydrogen) atoms. The summed E-state index contributed by atoms with van der Waals surface area (Å²) in [6.07, 6.45) is 0.722. The van der Waals surface area contributed by atoms with E-state index in [1.165, 1.54) is 28.3 Å². The maximum atomic E-state index is 12.8. The highest BCUT2D eigenvalue weighted by Crippen LogP contribution is 2.29. The van der Waals surface area contributed by atoms with E-state index in [1.54, 1.807) is 18.3 Å². The molecule has 3 aromatic rings. The van der Waals surface area contributed by atoms with Gasteiger partial charge in [-0.25, -0.2) is 19.7 Å². The van der Waals surface area contributed by atoms with E-state index < -0.39 is 30.8 Å². The highest BCUT2D eigenvalue weighted by molar-refractivity contribution is 6.31. The summed E-state index contributed by atoms with van der Waals surface area (Å²) in [7, 11) is 0. The molecule has 194 valence electrons. The molecular formula is C22H25ClF3N7O3. The molecule has 2 amide bonds. The number of anilines is 1.